The van der Waals surface area contributed by atoms with Gasteiger partial charge in [0.15, 0.2) is 14.8 Å². The number of thiophene rings is 1. The third-order valence-electron chi connectivity index (χ3n) is 2.30. The molecule has 18 heavy (non-hydrogen) atoms. The van der Waals surface area contributed by atoms with Crippen molar-refractivity contribution in [2.75, 3.05) is 18.2 Å². The standard InChI is InChI=1S/C9H14N2O5S2/c1-3-6(5-12)10-9-7(11(13)14)4-8(17-9)18(2,15)16/h4,6,10,12H,3,5H2,1-2H3/t6-/m0/s1. The SMILES string of the molecule is CC[C@@H](CO)Nc1sc(S(C)(=O)=O)cc1[N+](=O)[O-]. The Morgan fingerprint density at radius 3 is 2.61 bits per heavy atom. The van der Waals surface area contributed by atoms with Crippen LogP contribution in [0, 0.1) is 10.1 Å². The summed E-state index contributed by atoms with van der Waals surface area (Å²) in [7, 11) is -3.48. The Balaban J connectivity index is 3.17. The molecule has 0 bridgehead atoms. The second-order valence-electron chi connectivity index (χ2n) is 3.74. The van der Waals surface area contributed by atoms with E-state index in [9.17, 15) is 18.5 Å². The molecule has 0 aliphatic carbocycles. The zero-order valence-electron chi connectivity index (χ0n) is 9.91. The summed E-state index contributed by atoms with van der Waals surface area (Å²) in [6, 6.07) is 0.696. The Kier molecular flexibility index (Phi) is 4.65. The number of nitrogens with zero attached hydrogens (tertiary/aromatic N) is 1. The van der Waals surface area contributed by atoms with Gasteiger partial charge in [0.25, 0.3) is 0 Å². The molecule has 0 saturated carbocycles. The number of sulfone groups is 1. The molecular formula is C9H14N2O5S2. The van der Waals surface area contributed by atoms with Crippen molar-refractivity contribution in [2.24, 2.45) is 0 Å². The fraction of sp³-hybridized carbons (Fsp3) is 0.556. The molecule has 0 spiro atoms. The van der Waals surface area contributed by atoms with E-state index in [1.165, 1.54) is 0 Å². The highest BCUT2D eigenvalue weighted by Crippen LogP contribution is 2.37. The number of aliphatic hydroxyl groups is 1. The minimum atomic E-state index is -3.48. The van der Waals surface area contributed by atoms with Gasteiger partial charge in [0.2, 0.25) is 0 Å². The normalized spacial score (nSPS) is 13.3. The van der Waals surface area contributed by atoms with Gasteiger partial charge >= 0.3 is 5.69 Å². The molecule has 102 valence electrons. The van der Waals surface area contributed by atoms with Crippen LogP contribution in [0.15, 0.2) is 10.3 Å². The van der Waals surface area contributed by atoms with Crippen molar-refractivity contribution in [1.29, 1.82) is 0 Å². The summed E-state index contributed by atoms with van der Waals surface area (Å²) in [5.41, 5.74) is -0.285. The largest absolute Gasteiger partial charge is 0.394 e. The average Bonchev–Trinajstić information content (AvgIpc) is 2.69. The number of aliphatic hydroxyl groups excluding tert-OH is 1. The topological polar surface area (TPSA) is 110 Å². The van der Waals surface area contributed by atoms with Crippen LogP contribution in [0.3, 0.4) is 0 Å². The monoisotopic (exact) mass is 294 g/mol. The molecule has 0 saturated heterocycles. The first-order chi connectivity index (χ1) is 8.29. The van der Waals surface area contributed by atoms with Crippen LogP contribution in [0.25, 0.3) is 0 Å². The van der Waals surface area contributed by atoms with E-state index in [0.717, 1.165) is 23.7 Å². The Hall–Kier alpha value is -1.19. The van der Waals surface area contributed by atoms with Gasteiger partial charge in [-0.2, -0.15) is 0 Å². The maximum absolute atomic E-state index is 11.4. The van der Waals surface area contributed by atoms with Gasteiger partial charge in [-0.15, -0.1) is 0 Å². The van der Waals surface area contributed by atoms with Crippen molar-refractivity contribution in [2.45, 2.75) is 23.6 Å². The second kappa shape index (κ2) is 5.63. The summed E-state index contributed by atoms with van der Waals surface area (Å²) in [5.74, 6) is 0. The zero-order chi connectivity index (χ0) is 13.9. The summed E-state index contributed by atoms with van der Waals surface area (Å²) >= 11 is 0.802. The predicted molar refractivity (Wildman–Crippen MR) is 68.9 cm³/mol. The van der Waals surface area contributed by atoms with Crippen LogP contribution in [0.2, 0.25) is 0 Å². The molecule has 1 rings (SSSR count). The van der Waals surface area contributed by atoms with Gasteiger partial charge in [0.05, 0.1) is 11.5 Å². The van der Waals surface area contributed by atoms with E-state index in [1.54, 1.807) is 0 Å². The van der Waals surface area contributed by atoms with Gasteiger partial charge in [-0.25, -0.2) is 8.42 Å². The predicted octanol–water partition coefficient (Wildman–Crippen LogP) is 1.24. The van der Waals surface area contributed by atoms with Gasteiger partial charge in [0.1, 0.15) is 4.21 Å². The number of nitrogens with one attached hydrogen (secondary N) is 1. The molecule has 1 aromatic rings. The van der Waals surface area contributed by atoms with Gasteiger partial charge in [0, 0.05) is 18.4 Å². The Bertz CT molecular complexity index is 533. The molecule has 0 unspecified atom stereocenters. The Labute approximate surface area is 109 Å². The van der Waals surface area contributed by atoms with Crippen LogP contribution in [-0.2, 0) is 9.84 Å². The molecule has 0 radical (unpaired) electrons. The van der Waals surface area contributed by atoms with Crippen molar-refractivity contribution in [1.82, 2.24) is 0 Å². The molecule has 1 aromatic heterocycles. The van der Waals surface area contributed by atoms with Gasteiger partial charge in [-0.1, -0.05) is 18.3 Å². The number of hydrogen-bond acceptors (Lipinski definition) is 7. The third kappa shape index (κ3) is 3.40. The molecule has 7 nitrogen and oxygen atoms in total. The van der Waals surface area contributed by atoms with E-state index >= 15 is 0 Å². The van der Waals surface area contributed by atoms with Crippen molar-refractivity contribution >= 4 is 31.9 Å². The summed E-state index contributed by atoms with van der Waals surface area (Å²) in [4.78, 5) is 10.2. The summed E-state index contributed by atoms with van der Waals surface area (Å²) in [5, 5.41) is 22.8. The van der Waals surface area contributed by atoms with Gasteiger partial charge in [-0.3, -0.25) is 10.1 Å². The van der Waals surface area contributed by atoms with Crippen LogP contribution in [0.5, 0.6) is 0 Å². The minimum absolute atomic E-state index is 0.0653. The lowest BCUT2D eigenvalue weighted by molar-refractivity contribution is -0.383. The molecule has 0 aliphatic heterocycles. The van der Waals surface area contributed by atoms with Crippen LogP contribution in [0.1, 0.15) is 13.3 Å². The maximum Gasteiger partial charge on any atom is 0.304 e. The first-order valence-corrected chi connectivity index (χ1v) is 7.86. The van der Waals surface area contributed by atoms with E-state index in [-0.39, 0.29) is 27.5 Å². The first kappa shape index (κ1) is 14.9. The summed E-state index contributed by atoms with van der Waals surface area (Å²) in [6.07, 6.45) is 1.56. The van der Waals surface area contributed by atoms with Crippen LogP contribution in [-0.4, -0.2) is 37.4 Å². The van der Waals surface area contributed by atoms with Crippen molar-refractivity contribution in [3.63, 3.8) is 0 Å². The maximum atomic E-state index is 11.4. The molecule has 0 amide bonds. The smallest absolute Gasteiger partial charge is 0.304 e. The molecule has 9 heteroatoms. The van der Waals surface area contributed by atoms with E-state index in [1.807, 2.05) is 6.92 Å². The van der Waals surface area contributed by atoms with Crippen molar-refractivity contribution in [3.8, 4) is 0 Å². The molecule has 2 N–H and O–H groups in total. The quantitative estimate of drug-likeness (QED) is 0.603. The zero-order valence-corrected chi connectivity index (χ0v) is 11.5. The number of nitro groups is 1. The van der Waals surface area contributed by atoms with E-state index in [4.69, 9.17) is 5.11 Å². The molecule has 1 atom stereocenters. The highest BCUT2D eigenvalue weighted by molar-refractivity contribution is 7.92. The number of rotatable bonds is 6. The minimum Gasteiger partial charge on any atom is -0.394 e. The van der Waals surface area contributed by atoms with Crippen LogP contribution in [0.4, 0.5) is 10.7 Å². The van der Waals surface area contributed by atoms with Gasteiger partial charge in [-0.05, 0) is 6.42 Å². The lowest BCUT2D eigenvalue weighted by Gasteiger charge is -2.12. The molecule has 0 fully saturated rings. The first-order valence-electron chi connectivity index (χ1n) is 5.15. The Morgan fingerprint density at radius 1 is 1.61 bits per heavy atom. The second-order valence-corrected chi connectivity index (χ2v) is 7.04. The molecule has 0 aromatic carbocycles. The highest BCUT2D eigenvalue weighted by Gasteiger charge is 2.24. The molecular weight excluding hydrogens is 280 g/mol. The molecule has 0 aliphatic rings. The Morgan fingerprint density at radius 2 is 2.22 bits per heavy atom. The number of hydrogen-bond donors (Lipinski definition) is 2. The fourth-order valence-corrected chi connectivity index (χ4v) is 3.26. The van der Waals surface area contributed by atoms with Crippen LogP contribution < -0.4 is 5.32 Å². The summed E-state index contributed by atoms with van der Waals surface area (Å²) in [6.45, 7) is 1.63. The average molecular weight is 294 g/mol. The lowest BCUT2D eigenvalue weighted by atomic mass is 10.2. The molecule has 1 heterocycles. The van der Waals surface area contributed by atoms with E-state index in [2.05, 4.69) is 5.32 Å². The van der Waals surface area contributed by atoms with Crippen molar-refractivity contribution < 1.29 is 18.4 Å². The van der Waals surface area contributed by atoms with Gasteiger partial charge < -0.3 is 10.4 Å². The third-order valence-corrected chi connectivity index (χ3v) is 5.16. The summed E-state index contributed by atoms with van der Waals surface area (Å²) < 4.78 is 22.6. The van der Waals surface area contributed by atoms with E-state index in [0.29, 0.717) is 6.42 Å². The number of anilines is 1. The van der Waals surface area contributed by atoms with Crippen LogP contribution >= 0.6 is 11.3 Å². The van der Waals surface area contributed by atoms with Crippen molar-refractivity contribution in [3.05, 3.63) is 16.2 Å². The lowest BCUT2D eigenvalue weighted by Crippen LogP contribution is -2.22. The highest BCUT2D eigenvalue weighted by atomic mass is 32.2. The van der Waals surface area contributed by atoms with E-state index < -0.39 is 14.8 Å². The fourth-order valence-electron chi connectivity index (χ4n) is 1.24.